The summed E-state index contributed by atoms with van der Waals surface area (Å²) in [6.07, 6.45) is 3.35. The molecule has 198 valence electrons. The number of hydrogen-bond donors (Lipinski definition) is 8. The van der Waals surface area contributed by atoms with Gasteiger partial charge in [0.05, 0.1) is 12.4 Å². The van der Waals surface area contributed by atoms with E-state index in [1.54, 1.807) is 0 Å². The molecule has 0 aliphatic heterocycles. The molecule has 0 saturated heterocycles. The minimum absolute atomic E-state index is 0.00708. The van der Waals surface area contributed by atoms with Gasteiger partial charge in [-0.2, -0.15) is 0 Å². The maximum Gasteiger partial charge on any atom is 0.326 e. The zero-order valence-corrected chi connectivity index (χ0v) is 20.5. The van der Waals surface area contributed by atoms with Crippen LogP contribution in [0.2, 0.25) is 0 Å². The molecular formula is C22H39N7O6. The Bertz CT molecular complexity index is 815. The second-order valence-electron chi connectivity index (χ2n) is 8.98. The monoisotopic (exact) mass is 497 g/mol. The number of nitrogens with one attached hydrogen (secondary N) is 4. The number of nitrogens with zero attached hydrogens (tertiary/aromatic N) is 1. The second kappa shape index (κ2) is 15.1. The Labute approximate surface area is 204 Å². The van der Waals surface area contributed by atoms with Crippen molar-refractivity contribution < 1.29 is 29.4 Å². The molecule has 0 aliphatic rings. The molecule has 10 N–H and O–H groups in total. The lowest BCUT2D eigenvalue weighted by atomic mass is 10.0. The van der Waals surface area contributed by atoms with Crippen molar-refractivity contribution in [1.29, 1.82) is 0 Å². The summed E-state index contributed by atoms with van der Waals surface area (Å²) in [4.78, 5) is 56.9. The Morgan fingerprint density at radius 1 is 1.00 bits per heavy atom. The van der Waals surface area contributed by atoms with Crippen molar-refractivity contribution in [2.75, 3.05) is 6.54 Å². The number of carboxylic acids is 1. The smallest absolute Gasteiger partial charge is 0.326 e. The molecule has 5 atom stereocenters. The van der Waals surface area contributed by atoms with Crippen molar-refractivity contribution >= 4 is 23.7 Å². The number of aliphatic carboxylic acids is 1. The minimum Gasteiger partial charge on any atom is -0.480 e. The van der Waals surface area contributed by atoms with E-state index in [2.05, 4.69) is 25.9 Å². The zero-order valence-electron chi connectivity index (χ0n) is 20.5. The standard InChI is InChI=1S/C22H39N7O6/c1-12(2)8-16(29-21(33)18(24)13(3)30)19(31)28-17(9-14-10-25-11-26-14)20(32)27-15(22(34)35)6-4-5-7-23/h10-13,15-18,30H,4-9,23-24H2,1-3H3,(H,25,26)(H,27,32)(H,28,31)(H,29,33)(H,34,35). The highest BCUT2D eigenvalue weighted by atomic mass is 16.4. The van der Waals surface area contributed by atoms with E-state index in [1.165, 1.54) is 19.4 Å². The third-order valence-corrected chi connectivity index (χ3v) is 5.34. The first-order valence-corrected chi connectivity index (χ1v) is 11.7. The third kappa shape index (κ3) is 10.8. The summed E-state index contributed by atoms with van der Waals surface area (Å²) in [6, 6.07) is -4.54. The molecule has 13 nitrogen and oxygen atoms in total. The van der Waals surface area contributed by atoms with E-state index in [4.69, 9.17) is 11.5 Å². The zero-order chi connectivity index (χ0) is 26.5. The molecule has 0 radical (unpaired) electrons. The fourth-order valence-electron chi connectivity index (χ4n) is 3.31. The summed E-state index contributed by atoms with van der Waals surface area (Å²) in [7, 11) is 0. The van der Waals surface area contributed by atoms with Crippen LogP contribution in [0.15, 0.2) is 12.5 Å². The second-order valence-corrected chi connectivity index (χ2v) is 8.98. The Kier molecular flexibility index (Phi) is 12.9. The Morgan fingerprint density at radius 2 is 1.60 bits per heavy atom. The third-order valence-electron chi connectivity index (χ3n) is 5.34. The van der Waals surface area contributed by atoms with E-state index in [0.717, 1.165) is 0 Å². The van der Waals surface area contributed by atoms with Gasteiger partial charge in [0.2, 0.25) is 17.7 Å². The first-order chi connectivity index (χ1) is 16.5. The number of H-pyrrole nitrogens is 1. The van der Waals surface area contributed by atoms with Gasteiger partial charge in [-0.05, 0) is 45.1 Å². The molecule has 3 amide bonds. The molecule has 35 heavy (non-hydrogen) atoms. The average Bonchev–Trinajstić information content (AvgIpc) is 3.29. The van der Waals surface area contributed by atoms with Gasteiger partial charge >= 0.3 is 5.97 Å². The van der Waals surface area contributed by atoms with Gasteiger partial charge in [0, 0.05) is 18.3 Å². The van der Waals surface area contributed by atoms with Crippen molar-refractivity contribution in [3.8, 4) is 0 Å². The highest BCUT2D eigenvalue weighted by Crippen LogP contribution is 2.08. The number of aromatic amines is 1. The number of nitrogens with two attached hydrogens (primary N) is 2. The molecule has 1 heterocycles. The minimum atomic E-state index is -1.23. The van der Waals surface area contributed by atoms with E-state index in [9.17, 15) is 29.4 Å². The molecule has 1 aromatic heterocycles. The number of amides is 3. The van der Waals surface area contributed by atoms with Crippen LogP contribution in [0.1, 0.15) is 52.1 Å². The molecule has 13 heteroatoms. The van der Waals surface area contributed by atoms with Crippen molar-refractivity contribution in [3.63, 3.8) is 0 Å². The molecule has 1 rings (SSSR count). The van der Waals surface area contributed by atoms with Gasteiger partial charge in [0.25, 0.3) is 0 Å². The van der Waals surface area contributed by atoms with Crippen LogP contribution in [0.3, 0.4) is 0 Å². The number of carbonyl (C=O) groups is 4. The van der Waals surface area contributed by atoms with Crippen LogP contribution < -0.4 is 27.4 Å². The van der Waals surface area contributed by atoms with E-state index in [0.29, 0.717) is 25.1 Å². The topological polar surface area (TPSA) is 226 Å². The molecule has 0 spiro atoms. The first-order valence-electron chi connectivity index (χ1n) is 11.7. The summed E-state index contributed by atoms with van der Waals surface area (Å²) in [5, 5.41) is 26.7. The Morgan fingerprint density at radius 3 is 2.11 bits per heavy atom. The molecule has 0 saturated carbocycles. The van der Waals surface area contributed by atoms with Gasteiger partial charge in [-0.3, -0.25) is 14.4 Å². The summed E-state index contributed by atoms with van der Waals surface area (Å²) < 4.78 is 0. The average molecular weight is 498 g/mol. The van der Waals surface area contributed by atoms with Crippen LogP contribution in [0.5, 0.6) is 0 Å². The van der Waals surface area contributed by atoms with Gasteiger partial charge in [0.15, 0.2) is 0 Å². The molecular weight excluding hydrogens is 458 g/mol. The number of rotatable bonds is 16. The van der Waals surface area contributed by atoms with Crippen LogP contribution in [-0.4, -0.2) is 80.7 Å². The maximum atomic E-state index is 13.1. The van der Waals surface area contributed by atoms with Gasteiger partial charge < -0.3 is 42.6 Å². The van der Waals surface area contributed by atoms with E-state index >= 15 is 0 Å². The SMILES string of the molecule is CC(C)CC(NC(=O)C(N)C(C)O)C(=O)NC(Cc1cnc[nH]1)C(=O)NC(CCCCN)C(=O)O. The first kappa shape index (κ1) is 30.0. The maximum absolute atomic E-state index is 13.1. The van der Waals surface area contributed by atoms with E-state index in [1.807, 2.05) is 13.8 Å². The summed E-state index contributed by atoms with van der Waals surface area (Å²) >= 11 is 0. The van der Waals surface area contributed by atoms with Crippen LogP contribution in [0.4, 0.5) is 0 Å². The largest absolute Gasteiger partial charge is 0.480 e. The summed E-state index contributed by atoms with van der Waals surface area (Å²) in [5.41, 5.74) is 11.7. The van der Waals surface area contributed by atoms with Crippen molar-refractivity contribution in [3.05, 3.63) is 18.2 Å². The number of unbranched alkanes of at least 4 members (excludes halogenated alkanes) is 1. The van der Waals surface area contributed by atoms with E-state index < -0.39 is 54.0 Å². The highest BCUT2D eigenvalue weighted by molar-refractivity contribution is 5.94. The molecule has 0 aliphatic carbocycles. The summed E-state index contributed by atoms with van der Waals surface area (Å²) in [5.74, 6) is -3.23. The van der Waals surface area contributed by atoms with Crippen molar-refractivity contribution in [2.45, 2.75) is 83.1 Å². The lowest BCUT2D eigenvalue weighted by Crippen LogP contribution is -2.58. The van der Waals surface area contributed by atoms with Gasteiger partial charge in [-0.15, -0.1) is 0 Å². The fourth-order valence-corrected chi connectivity index (χ4v) is 3.31. The van der Waals surface area contributed by atoms with Gasteiger partial charge in [0.1, 0.15) is 24.2 Å². The molecule has 5 unspecified atom stereocenters. The lowest BCUT2D eigenvalue weighted by Gasteiger charge is -2.26. The van der Waals surface area contributed by atoms with Gasteiger partial charge in [-0.25, -0.2) is 9.78 Å². The van der Waals surface area contributed by atoms with Crippen LogP contribution in [0, 0.1) is 5.92 Å². The number of imidazole rings is 1. The van der Waals surface area contributed by atoms with Crippen LogP contribution >= 0.6 is 0 Å². The lowest BCUT2D eigenvalue weighted by molar-refractivity contribution is -0.142. The predicted octanol–water partition coefficient (Wildman–Crippen LogP) is -1.63. The number of aliphatic hydroxyl groups excluding tert-OH is 1. The normalized spacial score (nSPS) is 15.5. The number of aliphatic hydroxyl groups is 1. The van der Waals surface area contributed by atoms with Crippen molar-refractivity contribution in [1.82, 2.24) is 25.9 Å². The summed E-state index contributed by atoms with van der Waals surface area (Å²) in [6.45, 7) is 5.47. The van der Waals surface area contributed by atoms with Crippen molar-refractivity contribution in [2.24, 2.45) is 17.4 Å². The molecule has 0 fully saturated rings. The van der Waals surface area contributed by atoms with Crippen LogP contribution in [-0.2, 0) is 25.6 Å². The number of aromatic nitrogens is 2. The van der Waals surface area contributed by atoms with Crippen LogP contribution in [0.25, 0.3) is 0 Å². The highest BCUT2D eigenvalue weighted by Gasteiger charge is 2.31. The predicted molar refractivity (Wildman–Crippen MR) is 128 cm³/mol. The molecule has 1 aromatic rings. The van der Waals surface area contributed by atoms with E-state index in [-0.39, 0.29) is 25.2 Å². The Balaban J connectivity index is 3.04. The molecule has 0 aromatic carbocycles. The van der Waals surface area contributed by atoms with Gasteiger partial charge in [-0.1, -0.05) is 13.8 Å². The quantitative estimate of drug-likeness (QED) is 0.123. The number of hydrogen-bond acceptors (Lipinski definition) is 8. The number of carboxylic acid groups (broad SMARTS) is 1. The fraction of sp³-hybridized carbons (Fsp3) is 0.682. The molecule has 0 bridgehead atoms. The Hall–Kier alpha value is -3.03. The number of carbonyl (C=O) groups excluding carboxylic acids is 3.